The van der Waals surface area contributed by atoms with E-state index in [0.29, 0.717) is 29.4 Å². The van der Waals surface area contributed by atoms with Crippen molar-refractivity contribution in [3.63, 3.8) is 0 Å². The minimum absolute atomic E-state index is 0.0343. The predicted octanol–water partition coefficient (Wildman–Crippen LogP) is 4.13. The van der Waals surface area contributed by atoms with E-state index in [0.717, 1.165) is 18.2 Å². The van der Waals surface area contributed by atoms with Crippen LogP contribution in [-0.2, 0) is 20.2 Å². The van der Waals surface area contributed by atoms with Gasteiger partial charge < -0.3 is 14.7 Å². The standard InChI is InChI=1S/C26H25F4N5O6S/c1-34-20-12-31-18-10-17(27)15(9-16(18)21(20)25(23(34)36)4-3-5-25)14-8-19(33-42(2,39)40)22(32-11-14)41-7-6-35(24(37)38)13-26(28,29)30/h8-12,33H,3-7,13H2,1-2H3,(H,37,38). The molecule has 2 amide bonds. The second kappa shape index (κ2) is 10.3. The van der Waals surface area contributed by atoms with Gasteiger partial charge in [0.25, 0.3) is 0 Å². The van der Waals surface area contributed by atoms with Crippen molar-refractivity contribution in [2.45, 2.75) is 30.9 Å². The van der Waals surface area contributed by atoms with Crippen LogP contribution in [0.3, 0.4) is 0 Å². The molecule has 2 N–H and O–H groups in total. The number of nitrogens with zero attached hydrogens (tertiary/aromatic N) is 4. The van der Waals surface area contributed by atoms with E-state index in [1.54, 1.807) is 18.1 Å². The fourth-order valence-corrected chi connectivity index (χ4v) is 5.96. The maximum absolute atomic E-state index is 15.4. The summed E-state index contributed by atoms with van der Waals surface area (Å²) < 4.78 is 85.1. The summed E-state index contributed by atoms with van der Waals surface area (Å²) in [5.41, 5.74) is 0.948. The highest BCUT2D eigenvalue weighted by atomic mass is 32.2. The number of nitrogens with one attached hydrogen (secondary N) is 1. The van der Waals surface area contributed by atoms with Gasteiger partial charge in [0, 0.05) is 41.4 Å². The molecule has 224 valence electrons. The first-order chi connectivity index (χ1) is 19.6. The Balaban J connectivity index is 1.51. The smallest absolute Gasteiger partial charge is 0.407 e. The summed E-state index contributed by atoms with van der Waals surface area (Å²) >= 11 is 0. The summed E-state index contributed by atoms with van der Waals surface area (Å²) in [5.74, 6) is -1.10. The average molecular weight is 612 g/mol. The third kappa shape index (κ3) is 5.37. The van der Waals surface area contributed by atoms with Gasteiger partial charge in [0.1, 0.15) is 24.7 Å². The molecular formula is C26H25F4N5O6S. The van der Waals surface area contributed by atoms with E-state index in [2.05, 4.69) is 14.7 Å². The van der Waals surface area contributed by atoms with Crippen molar-refractivity contribution in [2.24, 2.45) is 0 Å². The van der Waals surface area contributed by atoms with Gasteiger partial charge in [-0.1, -0.05) is 6.42 Å². The van der Waals surface area contributed by atoms with E-state index in [1.165, 1.54) is 24.4 Å². The number of hydrogen-bond donors (Lipinski definition) is 2. The number of sulfonamides is 1. The number of hydrogen-bond acceptors (Lipinski definition) is 7. The topological polar surface area (TPSA) is 142 Å². The molecule has 11 nitrogen and oxygen atoms in total. The molecule has 0 unspecified atom stereocenters. The lowest BCUT2D eigenvalue weighted by atomic mass is 9.64. The van der Waals surface area contributed by atoms with Crippen LogP contribution in [0.4, 0.5) is 33.7 Å². The van der Waals surface area contributed by atoms with Crippen LogP contribution in [0.5, 0.6) is 5.88 Å². The number of aromatic nitrogens is 2. The number of ether oxygens (including phenoxy) is 1. The van der Waals surface area contributed by atoms with Crippen molar-refractivity contribution in [1.82, 2.24) is 14.9 Å². The molecule has 16 heteroatoms. The minimum Gasteiger partial charge on any atom is -0.474 e. The number of halogens is 4. The summed E-state index contributed by atoms with van der Waals surface area (Å²) in [6.45, 7) is -3.00. The number of carboxylic acid groups (broad SMARTS) is 1. The molecule has 1 aliphatic carbocycles. The van der Waals surface area contributed by atoms with Crippen LogP contribution in [-0.4, -0.2) is 79.6 Å². The molecule has 3 heterocycles. The van der Waals surface area contributed by atoms with Gasteiger partial charge >= 0.3 is 12.3 Å². The fraction of sp³-hybridized carbons (Fsp3) is 0.385. The van der Waals surface area contributed by atoms with Gasteiger partial charge in [0.05, 0.1) is 35.6 Å². The SMILES string of the molecule is CN1C(=O)C2(CCC2)c2c1cnc1cc(F)c(-c3cnc(OCCN(CC(F)(F)F)C(=O)O)c(NS(C)(=O)=O)c3)cc21. The maximum Gasteiger partial charge on any atom is 0.407 e. The summed E-state index contributed by atoms with van der Waals surface area (Å²) in [7, 11) is -2.26. The largest absolute Gasteiger partial charge is 0.474 e. The molecule has 1 saturated carbocycles. The monoisotopic (exact) mass is 611 g/mol. The van der Waals surface area contributed by atoms with Gasteiger partial charge in [-0.25, -0.2) is 22.6 Å². The Hall–Kier alpha value is -4.21. The van der Waals surface area contributed by atoms with E-state index in [4.69, 9.17) is 9.84 Å². The number of benzene rings is 1. The zero-order valence-corrected chi connectivity index (χ0v) is 23.1. The summed E-state index contributed by atoms with van der Waals surface area (Å²) in [6, 6.07) is 3.99. The molecule has 0 saturated heterocycles. The number of likely N-dealkylation sites (N-methyl/N-ethyl adjacent to an activating group) is 1. The number of anilines is 2. The Morgan fingerprint density at radius 1 is 1.21 bits per heavy atom. The van der Waals surface area contributed by atoms with Crippen molar-refractivity contribution in [1.29, 1.82) is 0 Å². The van der Waals surface area contributed by atoms with E-state index >= 15 is 4.39 Å². The van der Waals surface area contributed by atoms with Crippen LogP contribution in [0.1, 0.15) is 24.8 Å². The Morgan fingerprint density at radius 3 is 2.52 bits per heavy atom. The number of carbonyl (C=O) groups excluding carboxylic acids is 1. The number of carbonyl (C=O) groups is 2. The number of alkyl halides is 3. The number of pyridine rings is 2. The zero-order chi connectivity index (χ0) is 30.6. The molecule has 1 spiro atoms. The van der Waals surface area contributed by atoms with E-state index in [9.17, 15) is 31.2 Å². The molecule has 1 fully saturated rings. The Labute approximate surface area is 237 Å². The molecule has 5 rings (SSSR count). The highest BCUT2D eigenvalue weighted by Gasteiger charge is 2.54. The lowest BCUT2D eigenvalue weighted by Gasteiger charge is -2.37. The summed E-state index contributed by atoms with van der Waals surface area (Å²) in [4.78, 5) is 34.3. The van der Waals surface area contributed by atoms with Gasteiger partial charge in [0.2, 0.25) is 21.8 Å². The van der Waals surface area contributed by atoms with E-state index < -0.39 is 53.2 Å². The summed E-state index contributed by atoms with van der Waals surface area (Å²) in [6.07, 6.45) is -0.867. The van der Waals surface area contributed by atoms with Gasteiger partial charge in [0.15, 0.2) is 0 Å². The van der Waals surface area contributed by atoms with Crippen LogP contribution in [0, 0.1) is 5.82 Å². The highest BCUT2D eigenvalue weighted by molar-refractivity contribution is 7.92. The Morgan fingerprint density at radius 2 is 1.93 bits per heavy atom. The molecule has 0 bridgehead atoms. The molecule has 1 aliphatic heterocycles. The predicted molar refractivity (Wildman–Crippen MR) is 143 cm³/mol. The molecule has 42 heavy (non-hydrogen) atoms. The van der Waals surface area contributed by atoms with Crippen LogP contribution >= 0.6 is 0 Å². The van der Waals surface area contributed by atoms with Crippen molar-refractivity contribution >= 4 is 44.3 Å². The van der Waals surface area contributed by atoms with Crippen LogP contribution in [0.2, 0.25) is 0 Å². The van der Waals surface area contributed by atoms with Crippen LogP contribution in [0.25, 0.3) is 22.0 Å². The van der Waals surface area contributed by atoms with E-state index in [-0.39, 0.29) is 33.5 Å². The third-order valence-electron chi connectivity index (χ3n) is 7.40. The van der Waals surface area contributed by atoms with Crippen molar-refractivity contribution in [3.05, 3.63) is 42.0 Å². The highest BCUT2D eigenvalue weighted by Crippen LogP contribution is 2.55. The van der Waals surface area contributed by atoms with Crippen molar-refractivity contribution < 1.29 is 45.4 Å². The number of amides is 2. The molecule has 1 aromatic carbocycles. The maximum atomic E-state index is 15.4. The van der Waals surface area contributed by atoms with Gasteiger partial charge in [-0.05, 0) is 25.0 Å². The fourth-order valence-electron chi connectivity index (χ4n) is 5.41. The van der Waals surface area contributed by atoms with Crippen molar-refractivity contribution in [3.8, 4) is 17.0 Å². The molecule has 2 aliphatic rings. The lowest BCUT2D eigenvalue weighted by Crippen LogP contribution is -2.43. The second-order valence-corrected chi connectivity index (χ2v) is 12.0. The average Bonchev–Trinajstić information content (AvgIpc) is 3.09. The minimum atomic E-state index is -4.78. The molecular weight excluding hydrogens is 586 g/mol. The summed E-state index contributed by atoms with van der Waals surface area (Å²) in [5, 5.41) is 9.61. The lowest BCUT2D eigenvalue weighted by molar-refractivity contribution is -0.142. The first-order valence-electron chi connectivity index (χ1n) is 12.7. The third-order valence-corrected chi connectivity index (χ3v) is 7.99. The zero-order valence-electron chi connectivity index (χ0n) is 22.3. The first-order valence-corrected chi connectivity index (χ1v) is 14.6. The second-order valence-electron chi connectivity index (χ2n) is 10.3. The normalized spacial score (nSPS) is 16.0. The van der Waals surface area contributed by atoms with Crippen LogP contribution in [0.15, 0.2) is 30.6 Å². The Kier molecular flexibility index (Phi) is 7.15. The molecule has 2 aromatic heterocycles. The first kappa shape index (κ1) is 29.3. The van der Waals surface area contributed by atoms with Crippen molar-refractivity contribution in [2.75, 3.05) is 42.6 Å². The van der Waals surface area contributed by atoms with Gasteiger partial charge in [-0.2, -0.15) is 13.2 Å². The number of rotatable bonds is 8. The molecule has 0 atom stereocenters. The van der Waals surface area contributed by atoms with E-state index in [1.807, 2.05) is 0 Å². The van der Waals surface area contributed by atoms with Gasteiger partial charge in [-0.15, -0.1) is 0 Å². The quantitative estimate of drug-likeness (QED) is 0.363. The molecule has 3 aromatic rings. The van der Waals surface area contributed by atoms with Crippen LogP contribution < -0.4 is 14.4 Å². The molecule has 0 radical (unpaired) electrons. The number of fused-ring (bicyclic) bond motifs is 4. The van der Waals surface area contributed by atoms with Gasteiger partial charge in [-0.3, -0.25) is 19.4 Å². The Bertz CT molecular complexity index is 1710.